The molecule has 31 heavy (non-hydrogen) atoms. The highest BCUT2D eigenvalue weighted by molar-refractivity contribution is 7.22. The molecule has 0 unspecified atom stereocenters. The molecule has 0 N–H and O–H groups in total. The highest BCUT2D eigenvalue weighted by Crippen LogP contribution is 2.33. The fourth-order valence-electron chi connectivity index (χ4n) is 3.34. The number of fused-ring (bicyclic) bond motifs is 1. The van der Waals surface area contributed by atoms with E-state index in [0.29, 0.717) is 28.9 Å². The van der Waals surface area contributed by atoms with E-state index in [1.807, 2.05) is 50.2 Å². The molecule has 2 aromatic carbocycles. The lowest BCUT2D eigenvalue weighted by atomic mass is 10.2. The summed E-state index contributed by atoms with van der Waals surface area (Å²) in [6.07, 6.45) is 0. The number of halogens is 2. The van der Waals surface area contributed by atoms with Gasteiger partial charge in [0.05, 0.1) is 16.8 Å². The standard InChI is InChI=1S/C23H28ClN3O2S.ClH/c1-5-26(6-2)12-13-27(22(28)17-8-10-19(11-9-17)29-7-3)23-25-21-16(4)14-18(24)15-20(21)30-23;/h8-11,14-15H,5-7,12-13H2,1-4H3;1H. The number of carbonyl (C=O) groups is 1. The molecule has 168 valence electrons. The maximum absolute atomic E-state index is 13.4. The second-order valence-corrected chi connectivity index (χ2v) is 8.45. The Morgan fingerprint density at radius 2 is 1.77 bits per heavy atom. The van der Waals surface area contributed by atoms with Crippen LogP contribution in [0.1, 0.15) is 36.7 Å². The lowest BCUT2D eigenvalue weighted by Crippen LogP contribution is -2.38. The third-order valence-electron chi connectivity index (χ3n) is 5.06. The molecule has 1 amide bonds. The van der Waals surface area contributed by atoms with Crippen LogP contribution in [0.2, 0.25) is 5.02 Å². The number of anilines is 1. The average Bonchev–Trinajstić information content (AvgIpc) is 3.16. The van der Waals surface area contributed by atoms with Crippen molar-refractivity contribution in [2.45, 2.75) is 27.7 Å². The van der Waals surface area contributed by atoms with E-state index < -0.39 is 0 Å². The average molecular weight is 482 g/mol. The van der Waals surface area contributed by atoms with Gasteiger partial charge in [-0.15, -0.1) is 12.4 Å². The van der Waals surface area contributed by atoms with Crippen LogP contribution >= 0.6 is 35.3 Å². The summed E-state index contributed by atoms with van der Waals surface area (Å²) < 4.78 is 6.49. The molecule has 5 nitrogen and oxygen atoms in total. The number of carbonyl (C=O) groups excluding carboxylic acids is 1. The lowest BCUT2D eigenvalue weighted by Gasteiger charge is -2.24. The van der Waals surface area contributed by atoms with Crippen LogP contribution < -0.4 is 9.64 Å². The zero-order chi connectivity index (χ0) is 21.7. The molecule has 1 aromatic heterocycles. The van der Waals surface area contributed by atoms with E-state index in [0.717, 1.165) is 41.2 Å². The van der Waals surface area contributed by atoms with Gasteiger partial charge in [0.25, 0.3) is 5.91 Å². The van der Waals surface area contributed by atoms with Crippen LogP contribution in [0, 0.1) is 6.92 Å². The van der Waals surface area contributed by atoms with Crippen molar-refractivity contribution in [3.63, 3.8) is 0 Å². The second kappa shape index (κ2) is 11.7. The molecule has 0 aliphatic carbocycles. The number of rotatable bonds is 9. The summed E-state index contributed by atoms with van der Waals surface area (Å²) in [7, 11) is 0. The van der Waals surface area contributed by atoms with Crippen LogP contribution in [-0.4, -0.2) is 48.6 Å². The van der Waals surface area contributed by atoms with Crippen molar-refractivity contribution in [2.75, 3.05) is 37.7 Å². The van der Waals surface area contributed by atoms with Crippen molar-refractivity contribution in [2.24, 2.45) is 0 Å². The van der Waals surface area contributed by atoms with Crippen LogP contribution in [0.15, 0.2) is 36.4 Å². The minimum absolute atomic E-state index is 0. The molecule has 1 heterocycles. The number of thiazole rings is 1. The van der Waals surface area contributed by atoms with Crippen molar-refractivity contribution in [1.29, 1.82) is 0 Å². The van der Waals surface area contributed by atoms with Gasteiger partial charge in [0.1, 0.15) is 5.75 Å². The minimum atomic E-state index is -0.0620. The van der Waals surface area contributed by atoms with Gasteiger partial charge in [-0.1, -0.05) is 36.8 Å². The summed E-state index contributed by atoms with van der Waals surface area (Å²) in [4.78, 5) is 22.3. The zero-order valence-corrected chi connectivity index (χ0v) is 20.7. The number of benzene rings is 2. The molecule has 0 fully saturated rings. The van der Waals surface area contributed by atoms with Crippen LogP contribution in [0.25, 0.3) is 10.2 Å². The maximum Gasteiger partial charge on any atom is 0.260 e. The van der Waals surface area contributed by atoms with Gasteiger partial charge in [-0.2, -0.15) is 0 Å². The Bertz CT molecular complexity index is 1000. The van der Waals surface area contributed by atoms with E-state index in [1.54, 1.807) is 4.90 Å². The summed E-state index contributed by atoms with van der Waals surface area (Å²) in [6.45, 7) is 12.0. The zero-order valence-electron chi connectivity index (χ0n) is 18.4. The number of amides is 1. The third-order valence-corrected chi connectivity index (χ3v) is 6.31. The summed E-state index contributed by atoms with van der Waals surface area (Å²) in [6, 6.07) is 11.1. The molecule has 8 heteroatoms. The predicted octanol–water partition coefficient (Wildman–Crippen LogP) is 6.07. The number of aromatic nitrogens is 1. The van der Waals surface area contributed by atoms with Crippen LogP contribution in [0.4, 0.5) is 5.13 Å². The molecule has 3 aromatic rings. The van der Waals surface area contributed by atoms with Crippen LogP contribution in [0.3, 0.4) is 0 Å². The Hall–Kier alpha value is -1.86. The Morgan fingerprint density at radius 3 is 2.39 bits per heavy atom. The minimum Gasteiger partial charge on any atom is -0.494 e. The van der Waals surface area contributed by atoms with Gasteiger partial charge in [-0.05, 0) is 68.9 Å². The normalized spacial score (nSPS) is 10.9. The Morgan fingerprint density at radius 1 is 1.10 bits per heavy atom. The molecule has 0 spiro atoms. The molecular formula is C23H29Cl2N3O2S. The highest BCUT2D eigenvalue weighted by atomic mass is 35.5. The summed E-state index contributed by atoms with van der Waals surface area (Å²) >= 11 is 7.73. The first-order chi connectivity index (χ1) is 14.5. The van der Waals surface area contributed by atoms with Crippen molar-refractivity contribution < 1.29 is 9.53 Å². The molecule has 0 saturated heterocycles. The predicted molar refractivity (Wildman–Crippen MR) is 134 cm³/mol. The number of hydrogen-bond acceptors (Lipinski definition) is 5. The van der Waals surface area contributed by atoms with Crippen LogP contribution in [0.5, 0.6) is 5.75 Å². The van der Waals surface area contributed by atoms with Crippen molar-refractivity contribution in [3.8, 4) is 5.75 Å². The molecule has 0 atom stereocenters. The van der Waals surface area contributed by atoms with E-state index in [-0.39, 0.29) is 18.3 Å². The van der Waals surface area contributed by atoms with Crippen molar-refractivity contribution in [3.05, 3.63) is 52.5 Å². The molecule has 3 rings (SSSR count). The maximum atomic E-state index is 13.4. The first-order valence-electron chi connectivity index (χ1n) is 10.3. The van der Waals surface area contributed by atoms with E-state index in [1.165, 1.54) is 11.3 Å². The fraction of sp³-hybridized carbons (Fsp3) is 0.391. The largest absolute Gasteiger partial charge is 0.494 e. The number of nitrogens with zero attached hydrogens (tertiary/aromatic N) is 3. The van der Waals surface area contributed by atoms with E-state index >= 15 is 0 Å². The van der Waals surface area contributed by atoms with E-state index in [2.05, 4.69) is 18.7 Å². The lowest BCUT2D eigenvalue weighted by molar-refractivity contribution is 0.0983. The molecule has 0 radical (unpaired) electrons. The quantitative estimate of drug-likeness (QED) is 0.372. The molecular weight excluding hydrogens is 453 g/mol. The fourth-order valence-corrected chi connectivity index (χ4v) is 4.78. The van der Waals surface area contributed by atoms with Crippen molar-refractivity contribution in [1.82, 2.24) is 9.88 Å². The van der Waals surface area contributed by atoms with E-state index in [9.17, 15) is 4.79 Å². The van der Waals surface area contributed by atoms with Gasteiger partial charge < -0.3 is 9.64 Å². The van der Waals surface area contributed by atoms with E-state index in [4.69, 9.17) is 21.3 Å². The number of aryl methyl sites for hydroxylation is 1. The van der Waals surface area contributed by atoms with Gasteiger partial charge in [-0.3, -0.25) is 9.69 Å². The summed E-state index contributed by atoms with van der Waals surface area (Å²) in [5.74, 6) is 0.696. The van der Waals surface area contributed by atoms with Crippen molar-refractivity contribution >= 4 is 56.6 Å². The molecule has 0 aliphatic rings. The summed E-state index contributed by atoms with van der Waals surface area (Å²) in [5, 5.41) is 1.38. The number of likely N-dealkylation sites (N-methyl/N-ethyl adjacent to an activating group) is 1. The first-order valence-corrected chi connectivity index (χ1v) is 11.5. The number of hydrogen-bond donors (Lipinski definition) is 0. The Labute approximate surface area is 199 Å². The topological polar surface area (TPSA) is 45.7 Å². The second-order valence-electron chi connectivity index (χ2n) is 7.01. The monoisotopic (exact) mass is 481 g/mol. The SMILES string of the molecule is CCOc1ccc(C(=O)N(CCN(CC)CC)c2nc3c(C)cc(Cl)cc3s2)cc1.Cl. The number of ether oxygens (including phenoxy) is 1. The smallest absolute Gasteiger partial charge is 0.260 e. The van der Waals surface area contributed by atoms with Crippen LogP contribution in [-0.2, 0) is 0 Å². The Kier molecular flexibility index (Phi) is 9.56. The van der Waals surface area contributed by atoms with Gasteiger partial charge in [0, 0.05) is 23.7 Å². The molecule has 0 aliphatic heterocycles. The third kappa shape index (κ3) is 6.10. The van der Waals surface area contributed by atoms with Gasteiger partial charge >= 0.3 is 0 Å². The first kappa shape index (κ1) is 25.4. The summed E-state index contributed by atoms with van der Waals surface area (Å²) in [5.41, 5.74) is 2.52. The molecule has 0 saturated carbocycles. The van der Waals surface area contributed by atoms with Gasteiger partial charge in [0.2, 0.25) is 0 Å². The Balaban J connectivity index is 0.00000341. The molecule has 0 bridgehead atoms. The van der Waals surface area contributed by atoms with Gasteiger partial charge in [0.15, 0.2) is 5.13 Å². The highest BCUT2D eigenvalue weighted by Gasteiger charge is 2.22. The van der Waals surface area contributed by atoms with Gasteiger partial charge in [-0.25, -0.2) is 4.98 Å².